The van der Waals surface area contributed by atoms with E-state index in [2.05, 4.69) is 22.2 Å². The third-order valence-corrected chi connectivity index (χ3v) is 7.25. The Bertz CT molecular complexity index is 1200. The van der Waals surface area contributed by atoms with Crippen molar-refractivity contribution in [3.05, 3.63) is 57.4 Å². The highest BCUT2D eigenvalue weighted by Crippen LogP contribution is 2.44. The van der Waals surface area contributed by atoms with E-state index in [1.807, 2.05) is 17.5 Å². The Morgan fingerprint density at radius 2 is 2.25 bits per heavy atom. The molecule has 1 fully saturated rings. The first-order chi connectivity index (χ1) is 13.7. The maximum absolute atomic E-state index is 13.1. The maximum atomic E-state index is 13.1. The van der Waals surface area contributed by atoms with Crippen molar-refractivity contribution >= 4 is 44.7 Å². The Labute approximate surface area is 173 Å². The zero-order valence-corrected chi connectivity index (χ0v) is 17.3. The molecular formula is C19H16N4O2S3. The molecule has 28 heavy (non-hydrogen) atoms. The van der Waals surface area contributed by atoms with Gasteiger partial charge in [0.2, 0.25) is 5.89 Å². The van der Waals surface area contributed by atoms with Crippen LogP contribution in [-0.2, 0) is 12.3 Å². The second-order valence-electron chi connectivity index (χ2n) is 6.51. The molecule has 1 aliphatic rings. The van der Waals surface area contributed by atoms with Crippen LogP contribution in [0.1, 0.15) is 30.2 Å². The largest absolute Gasteiger partial charge is 0.419 e. The lowest BCUT2D eigenvalue weighted by atomic mass is 10.1. The molecular weight excluding hydrogens is 412 g/mol. The quantitative estimate of drug-likeness (QED) is 0.236. The molecule has 0 spiro atoms. The Balaban J connectivity index is 1.46. The van der Waals surface area contributed by atoms with Crippen LogP contribution in [0.5, 0.6) is 0 Å². The number of hydrogen-bond donors (Lipinski definition) is 0. The van der Waals surface area contributed by atoms with Gasteiger partial charge in [-0.3, -0.25) is 9.36 Å². The standard InChI is InChI=1S/C19H16N4O2S3/c1-2-7-23-18(24)15-12(11-5-6-11)9-27-17(15)20-19(23)28-10-14-21-22-16(25-14)13-4-3-8-26-13/h2-4,8-9,11H,1,5-7,10H2. The van der Waals surface area contributed by atoms with Crippen LogP contribution in [0.4, 0.5) is 0 Å². The number of allylic oxidation sites excluding steroid dienone is 1. The molecule has 0 radical (unpaired) electrons. The molecule has 0 saturated heterocycles. The minimum Gasteiger partial charge on any atom is -0.419 e. The van der Waals surface area contributed by atoms with Gasteiger partial charge >= 0.3 is 0 Å². The Hall–Kier alpha value is -2.23. The average Bonchev–Trinajstić information content (AvgIpc) is 3.12. The number of hydrogen-bond acceptors (Lipinski definition) is 8. The van der Waals surface area contributed by atoms with Crippen molar-refractivity contribution in [3.8, 4) is 10.8 Å². The van der Waals surface area contributed by atoms with E-state index in [-0.39, 0.29) is 5.56 Å². The molecule has 0 bridgehead atoms. The highest BCUT2D eigenvalue weighted by Gasteiger charge is 2.28. The third-order valence-electron chi connectivity index (χ3n) is 4.54. The lowest BCUT2D eigenvalue weighted by molar-refractivity contribution is 0.529. The lowest BCUT2D eigenvalue weighted by Crippen LogP contribution is -2.22. The summed E-state index contributed by atoms with van der Waals surface area (Å²) in [5.41, 5.74) is 1.17. The van der Waals surface area contributed by atoms with Crippen molar-refractivity contribution in [2.45, 2.75) is 36.2 Å². The normalized spacial score (nSPS) is 14.0. The highest BCUT2D eigenvalue weighted by atomic mass is 32.2. The second-order valence-corrected chi connectivity index (χ2v) is 9.26. The van der Waals surface area contributed by atoms with E-state index in [1.165, 1.54) is 11.8 Å². The summed E-state index contributed by atoms with van der Waals surface area (Å²) in [5.74, 6) is 2.00. The summed E-state index contributed by atoms with van der Waals surface area (Å²) < 4.78 is 7.44. The molecule has 0 amide bonds. The monoisotopic (exact) mass is 428 g/mol. The maximum Gasteiger partial charge on any atom is 0.263 e. The first-order valence-corrected chi connectivity index (χ1v) is 11.6. The van der Waals surface area contributed by atoms with Crippen LogP contribution in [0, 0.1) is 0 Å². The van der Waals surface area contributed by atoms with Gasteiger partial charge in [0.1, 0.15) is 4.83 Å². The number of rotatable bonds is 7. The zero-order chi connectivity index (χ0) is 19.1. The molecule has 142 valence electrons. The Morgan fingerprint density at radius 1 is 1.36 bits per heavy atom. The van der Waals surface area contributed by atoms with Crippen molar-refractivity contribution in [2.75, 3.05) is 0 Å². The summed E-state index contributed by atoms with van der Waals surface area (Å²) in [7, 11) is 0. The molecule has 0 N–H and O–H groups in total. The van der Waals surface area contributed by atoms with Gasteiger partial charge in [0.15, 0.2) is 5.16 Å². The van der Waals surface area contributed by atoms with Crippen LogP contribution in [0.2, 0.25) is 0 Å². The molecule has 4 aromatic rings. The van der Waals surface area contributed by atoms with Crippen LogP contribution < -0.4 is 5.56 Å². The van der Waals surface area contributed by atoms with Gasteiger partial charge in [-0.2, -0.15) is 0 Å². The third kappa shape index (κ3) is 3.23. The summed E-state index contributed by atoms with van der Waals surface area (Å²) in [6, 6.07) is 3.89. The SMILES string of the molecule is C=CCn1c(SCc2nnc(-c3cccs3)o2)nc2scc(C3CC3)c2c1=O. The van der Waals surface area contributed by atoms with Crippen LogP contribution in [0.25, 0.3) is 21.0 Å². The molecule has 9 heteroatoms. The van der Waals surface area contributed by atoms with Crippen molar-refractivity contribution in [1.82, 2.24) is 19.7 Å². The number of thiophene rings is 2. The number of nitrogens with zero attached hydrogens (tertiary/aromatic N) is 4. The van der Waals surface area contributed by atoms with Gasteiger partial charge in [-0.1, -0.05) is 23.9 Å². The van der Waals surface area contributed by atoms with E-state index in [4.69, 9.17) is 9.40 Å². The van der Waals surface area contributed by atoms with Gasteiger partial charge < -0.3 is 4.42 Å². The van der Waals surface area contributed by atoms with Crippen molar-refractivity contribution in [3.63, 3.8) is 0 Å². The molecule has 5 rings (SSSR count). The average molecular weight is 429 g/mol. The van der Waals surface area contributed by atoms with Gasteiger partial charge in [0.25, 0.3) is 11.4 Å². The Kier molecular flexibility index (Phi) is 4.65. The summed E-state index contributed by atoms with van der Waals surface area (Å²) in [6.07, 6.45) is 4.05. The van der Waals surface area contributed by atoms with E-state index in [9.17, 15) is 4.79 Å². The van der Waals surface area contributed by atoms with E-state index in [0.29, 0.717) is 35.2 Å². The van der Waals surface area contributed by atoms with Crippen molar-refractivity contribution < 1.29 is 4.42 Å². The minimum absolute atomic E-state index is 0.0142. The predicted octanol–water partition coefficient (Wildman–Crippen LogP) is 4.93. The number of thioether (sulfide) groups is 1. The van der Waals surface area contributed by atoms with Gasteiger partial charge in [0, 0.05) is 6.54 Å². The fourth-order valence-electron chi connectivity index (χ4n) is 3.06. The van der Waals surface area contributed by atoms with Crippen LogP contribution >= 0.6 is 34.4 Å². The molecule has 0 aromatic carbocycles. The molecule has 0 unspecified atom stereocenters. The zero-order valence-electron chi connectivity index (χ0n) is 14.8. The van der Waals surface area contributed by atoms with Crippen LogP contribution in [0.3, 0.4) is 0 Å². The van der Waals surface area contributed by atoms with Gasteiger partial charge in [-0.25, -0.2) is 4.98 Å². The summed E-state index contributed by atoms with van der Waals surface area (Å²) in [4.78, 5) is 19.7. The first kappa shape index (κ1) is 17.8. The summed E-state index contributed by atoms with van der Waals surface area (Å²) in [6.45, 7) is 4.22. The van der Waals surface area contributed by atoms with Crippen molar-refractivity contribution in [2.24, 2.45) is 0 Å². The first-order valence-electron chi connectivity index (χ1n) is 8.86. The number of fused-ring (bicyclic) bond motifs is 1. The Morgan fingerprint density at radius 3 is 3.00 bits per heavy atom. The van der Waals surface area contributed by atoms with Gasteiger partial charge in [0.05, 0.1) is 16.0 Å². The van der Waals surface area contributed by atoms with Gasteiger partial charge in [-0.15, -0.1) is 39.4 Å². The van der Waals surface area contributed by atoms with Crippen LogP contribution in [0.15, 0.2) is 49.9 Å². The molecule has 1 saturated carbocycles. The highest BCUT2D eigenvalue weighted by molar-refractivity contribution is 7.98. The minimum atomic E-state index is 0.0142. The van der Waals surface area contributed by atoms with Crippen molar-refractivity contribution in [1.29, 1.82) is 0 Å². The fraction of sp³-hybridized carbons (Fsp3) is 0.263. The molecule has 1 aliphatic carbocycles. The molecule has 0 aliphatic heterocycles. The second kappa shape index (κ2) is 7.31. The summed E-state index contributed by atoms with van der Waals surface area (Å²) in [5, 5.41) is 13.7. The van der Waals surface area contributed by atoms with E-state index < -0.39 is 0 Å². The molecule has 4 aromatic heterocycles. The number of aromatic nitrogens is 4. The summed E-state index contributed by atoms with van der Waals surface area (Å²) >= 11 is 4.53. The van der Waals surface area contributed by atoms with E-state index >= 15 is 0 Å². The van der Waals surface area contributed by atoms with E-state index in [0.717, 1.165) is 33.5 Å². The fourth-order valence-corrected chi connectivity index (χ4v) is 5.61. The molecule has 0 atom stereocenters. The molecule has 6 nitrogen and oxygen atoms in total. The van der Waals surface area contributed by atoms with Crippen LogP contribution in [-0.4, -0.2) is 19.7 Å². The lowest BCUT2D eigenvalue weighted by Gasteiger charge is -2.09. The predicted molar refractivity (Wildman–Crippen MR) is 113 cm³/mol. The topological polar surface area (TPSA) is 73.8 Å². The van der Waals surface area contributed by atoms with Gasteiger partial charge in [-0.05, 0) is 41.1 Å². The smallest absolute Gasteiger partial charge is 0.263 e. The molecule has 4 heterocycles. The van der Waals surface area contributed by atoms with E-state index in [1.54, 1.807) is 33.3 Å².